The molecule has 1 aromatic heterocycles. The molecule has 0 aliphatic rings. The summed E-state index contributed by atoms with van der Waals surface area (Å²) in [5, 5.41) is 0. The van der Waals surface area contributed by atoms with Crippen molar-refractivity contribution in [2.75, 3.05) is 20.3 Å². The first-order valence-electron chi connectivity index (χ1n) is 6.88. The SMILES string of the molecule is COCC(F)(CCCN)Cc1nc2ccccc2n1C. The summed E-state index contributed by atoms with van der Waals surface area (Å²) >= 11 is 0. The van der Waals surface area contributed by atoms with Gasteiger partial charge in [-0.3, -0.25) is 0 Å². The third-order valence-electron chi connectivity index (χ3n) is 3.59. The van der Waals surface area contributed by atoms with Crippen molar-refractivity contribution in [3.05, 3.63) is 30.1 Å². The highest BCUT2D eigenvalue weighted by Gasteiger charge is 2.31. The summed E-state index contributed by atoms with van der Waals surface area (Å²) in [4.78, 5) is 4.52. The molecule has 5 heteroatoms. The van der Waals surface area contributed by atoms with E-state index in [-0.39, 0.29) is 13.0 Å². The highest BCUT2D eigenvalue weighted by Crippen LogP contribution is 2.25. The summed E-state index contributed by atoms with van der Waals surface area (Å²) in [5.41, 5.74) is 5.98. The fraction of sp³-hybridized carbons (Fsp3) is 0.533. The molecular weight excluding hydrogens is 257 g/mol. The molecule has 20 heavy (non-hydrogen) atoms. The van der Waals surface area contributed by atoms with Crippen LogP contribution in [-0.4, -0.2) is 35.5 Å². The predicted molar refractivity (Wildman–Crippen MR) is 78.4 cm³/mol. The van der Waals surface area contributed by atoms with E-state index in [0.29, 0.717) is 19.4 Å². The molecule has 110 valence electrons. The van der Waals surface area contributed by atoms with E-state index in [1.807, 2.05) is 35.9 Å². The second-order valence-corrected chi connectivity index (χ2v) is 5.23. The highest BCUT2D eigenvalue weighted by atomic mass is 19.1. The van der Waals surface area contributed by atoms with Gasteiger partial charge in [0.2, 0.25) is 0 Å². The third kappa shape index (κ3) is 3.16. The van der Waals surface area contributed by atoms with Crippen LogP contribution in [0.25, 0.3) is 11.0 Å². The first-order valence-corrected chi connectivity index (χ1v) is 6.88. The third-order valence-corrected chi connectivity index (χ3v) is 3.59. The van der Waals surface area contributed by atoms with E-state index in [0.717, 1.165) is 16.9 Å². The maximum absolute atomic E-state index is 14.9. The lowest BCUT2D eigenvalue weighted by Gasteiger charge is -2.24. The number of benzene rings is 1. The minimum absolute atomic E-state index is 0.0657. The second kappa shape index (κ2) is 6.33. The van der Waals surface area contributed by atoms with Gasteiger partial charge < -0.3 is 15.0 Å². The summed E-state index contributed by atoms with van der Waals surface area (Å²) in [6.45, 7) is 0.550. The minimum Gasteiger partial charge on any atom is -0.381 e. The van der Waals surface area contributed by atoms with Crippen molar-refractivity contribution in [1.29, 1.82) is 0 Å². The highest BCUT2D eigenvalue weighted by molar-refractivity contribution is 5.75. The number of para-hydroxylation sites is 2. The Kier molecular flexibility index (Phi) is 4.73. The van der Waals surface area contributed by atoms with Gasteiger partial charge in [0.1, 0.15) is 11.5 Å². The zero-order chi connectivity index (χ0) is 14.6. The molecule has 2 N–H and O–H groups in total. The quantitative estimate of drug-likeness (QED) is 0.845. The number of nitrogens with zero attached hydrogens (tertiary/aromatic N) is 2. The van der Waals surface area contributed by atoms with Crippen molar-refractivity contribution < 1.29 is 9.13 Å². The van der Waals surface area contributed by atoms with Gasteiger partial charge >= 0.3 is 0 Å². The largest absolute Gasteiger partial charge is 0.381 e. The number of methoxy groups -OCH3 is 1. The maximum atomic E-state index is 14.9. The Bertz CT molecular complexity index is 569. The van der Waals surface area contributed by atoms with E-state index in [2.05, 4.69) is 4.98 Å². The van der Waals surface area contributed by atoms with Gasteiger partial charge in [-0.25, -0.2) is 9.37 Å². The normalized spacial score (nSPS) is 14.6. The molecule has 1 heterocycles. The number of aryl methyl sites for hydroxylation is 1. The smallest absolute Gasteiger partial charge is 0.141 e. The van der Waals surface area contributed by atoms with Gasteiger partial charge in [0.25, 0.3) is 0 Å². The van der Waals surface area contributed by atoms with E-state index in [9.17, 15) is 4.39 Å². The van der Waals surface area contributed by atoms with Gasteiger partial charge in [-0.15, -0.1) is 0 Å². The van der Waals surface area contributed by atoms with Crippen molar-refractivity contribution in [3.8, 4) is 0 Å². The van der Waals surface area contributed by atoms with Crippen LogP contribution in [0.4, 0.5) is 4.39 Å². The Morgan fingerprint density at radius 2 is 2.15 bits per heavy atom. The predicted octanol–water partition coefficient (Wildman–Crippen LogP) is 2.21. The van der Waals surface area contributed by atoms with Gasteiger partial charge in [-0.05, 0) is 31.5 Å². The van der Waals surface area contributed by atoms with Crippen LogP contribution in [0.3, 0.4) is 0 Å². The molecule has 1 unspecified atom stereocenters. The number of aromatic nitrogens is 2. The lowest BCUT2D eigenvalue weighted by Crippen LogP contribution is -2.33. The van der Waals surface area contributed by atoms with Gasteiger partial charge in [-0.1, -0.05) is 12.1 Å². The molecule has 0 amide bonds. The zero-order valence-electron chi connectivity index (χ0n) is 12.1. The Balaban J connectivity index is 2.26. The van der Waals surface area contributed by atoms with E-state index >= 15 is 0 Å². The first kappa shape index (κ1) is 14.9. The average molecular weight is 279 g/mol. The monoisotopic (exact) mass is 279 g/mol. The molecule has 0 saturated carbocycles. The van der Waals surface area contributed by atoms with Gasteiger partial charge in [0, 0.05) is 20.6 Å². The van der Waals surface area contributed by atoms with Crippen LogP contribution >= 0.6 is 0 Å². The fourth-order valence-corrected chi connectivity index (χ4v) is 2.53. The standard InChI is InChI=1S/C15H22FN3O/c1-19-13-7-4-3-6-12(13)18-14(19)10-15(16,11-20-2)8-5-9-17/h3-4,6-7H,5,8-11,17H2,1-2H3. The van der Waals surface area contributed by atoms with Crippen LogP contribution in [0, 0.1) is 0 Å². The number of alkyl halides is 1. The zero-order valence-corrected chi connectivity index (χ0v) is 12.1. The second-order valence-electron chi connectivity index (χ2n) is 5.23. The molecular formula is C15H22FN3O. The molecule has 0 bridgehead atoms. The Hall–Kier alpha value is -1.46. The molecule has 0 radical (unpaired) electrons. The number of imidazole rings is 1. The molecule has 4 nitrogen and oxygen atoms in total. The van der Waals surface area contributed by atoms with Crippen LogP contribution in [0.5, 0.6) is 0 Å². The van der Waals surface area contributed by atoms with Crippen molar-refractivity contribution in [2.24, 2.45) is 12.8 Å². The molecule has 0 aliphatic carbocycles. The van der Waals surface area contributed by atoms with Crippen molar-refractivity contribution in [2.45, 2.75) is 24.9 Å². The molecule has 0 fully saturated rings. The average Bonchev–Trinajstić information content (AvgIpc) is 2.74. The molecule has 1 atom stereocenters. The first-order chi connectivity index (χ1) is 9.59. The maximum Gasteiger partial charge on any atom is 0.141 e. The lowest BCUT2D eigenvalue weighted by molar-refractivity contribution is 0.0316. The Morgan fingerprint density at radius 1 is 1.40 bits per heavy atom. The number of hydrogen-bond acceptors (Lipinski definition) is 3. The van der Waals surface area contributed by atoms with E-state index in [1.54, 1.807) is 0 Å². The topological polar surface area (TPSA) is 53.1 Å². The molecule has 0 saturated heterocycles. The van der Waals surface area contributed by atoms with Gasteiger partial charge in [0.05, 0.1) is 17.6 Å². The summed E-state index contributed by atoms with van der Waals surface area (Å²) in [7, 11) is 3.44. The van der Waals surface area contributed by atoms with Crippen LogP contribution in [0.15, 0.2) is 24.3 Å². The molecule has 1 aromatic carbocycles. The van der Waals surface area contributed by atoms with Crippen LogP contribution in [-0.2, 0) is 18.2 Å². The summed E-state index contributed by atoms with van der Waals surface area (Å²) in [6, 6.07) is 7.82. The number of rotatable bonds is 7. The number of halogens is 1. The summed E-state index contributed by atoms with van der Waals surface area (Å²) < 4.78 is 21.9. The molecule has 0 aliphatic heterocycles. The van der Waals surface area contributed by atoms with Gasteiger partial charge in [-0.2, -0.15) is 0 Å². The number of fused-ring (bicyclic) bond motifs is 1. The molecule has 2 rings (SSSR count). The fourth-order valence-electron chi connectivity index (χ4n) is 2.53. The van der Waals surface area contributed by atoms with Crippen molar-refractivity contribution in [3.63, 3.8) is 0 Å². The van der Waals surface area contributed by atoms with E-state index in [1.165, 1.54) is 7.11 Å². The molecule has 0 spiro atoms. The van der Waals surface area contributed by atoms with E-state index < -0.39 is 5.67 Å². The Morgan fingerprint density at radius 3 is 2.80 bits per heavy atom. The van der Waals surface area contributed by atoms with Crippen LogP contribution in [0.2, 0.25) is 0 Å². The van der Waals surface area contributed by atoms with Crippen molar-refractivity contribution in [1.82, 2.24) is 9.55 Å². The number of hydrogen-bond donors (Lipinski definition) is 1. The van der Waals surface area contributed by atoms with Crippen molar-refractivity contribution >= 4 is 11.0 Å². The number of nitrogens with two attached hydrogens (primary N) is 1. The van der Waals surface area contributed by atoms with Gasteiger partial charge in [0.15, 0.2) is 0 Å². The van der Waals surface area contributed by atoms with E-state index in [4.69, 9.17) is 10.5 Å². The molecule has 2 aromatic rings. The lowest BCUT2D eigenvalue weighted by atomic mass is 9.96. The summed E-state index contributed by atoms with van der Waals surface area (Å²) in [6.07, 6.45) is 1.27. The van der Waals surface area contributed by atoms with Crippen LogP contribution < -0.4 is 5.73 Å². The van der Waals surface area contributed by atoms with Crippen LogP contribution in [0.1, 0.15) is 18.7 Å². The number of ether oxygens (including phenoxy) is 1. The minimum atomic E-state index is -1.41. The Labute approximate surface area is 118 Å². The summed E-state index contributed by atoms with van der Waals surface area (Å²) in [5.74, 6) is 0.739.